The molecule has 2 N–H and O–H groups in total. The Hall–Kier alpha value is -1.58. The van der Waals surface area contributed by atoms with Crippen LogP contribution in [0, 0.1) is 11.7 Å². The van der Waals surface area contributed by atoms with Crippen molar-refractivity contribution in [3.05, 3.63) is 35.6 Å². The molecule has 0 spiro atoms. The second kappa shape index (κ2) is 6.55. The Morgan fingerprint density at radius 1 is 1.42 bits per heavy atom. The van der Waals surface area contributed by atoms with Gasteiger partial charge in [-0.2, -0.15) is 0 Å². The highest BCUT2D eigenvalue weighted by atomic mass is 19.1. The van der Waals surface area contributed by atoms with E-state index in [1.54, 1.807) is 12.1 Å². The van der Waals surface area contributed by atoms with Crippen LogP contribution in [0.4, 0.5) is 4.39 Å². The van der Waals surface area contributed by atoms with Crippen LogP contribution in [0.5, 0.6) is 0 Å². The predicted molar refractivity (Wildman–Crippen MR) is 76.6 cm³/mol. The number of likely N-dealkylation sites (tertiary alicyclic amines) is 1. The Balaban J connectivity index is 1.81. The van der Waals surface area contributed by atoms with Crippen LogP contribution in [-0.2, 0) is 6.42 Å². The van der Waals surface area contributed by atoms with Crippen molar-refractivity contribution >= 4 is 5.96 Å². The summed E-state index contributed by atoms with van der Waals surface area (Å²) in [6.45, 7) is 4.88. The lowest BCUT2D eigenvalue weighted by atomic mass is 10.00. The van der Waals surface area contributed by atoms with E-state index in [0.717, 1.165) is 31.0 Å². The van der Waals surface area contributed by atoms with Crippen molar-refractivity contribution in [2.24, 2.45) is 16.6 Å². The molecular formula is C15H22FN3. The van der Waals surface area contributed by atoms with Gasteiger partial charge in [0.1, 0.15) is 5.82 Å². The highest BCUT2D eigenvalue weighted by molar-refractivity contribution is 5.78. The summed E-state index contributed by atoms with van der Waals surface area (Å²) in [5, 5.41) is 0. The number of halogens is 1. The Labute approximate surface area is 114 Å². The van der Waals surface area contributed by atoms with Crippen LogP contribution in [0.1, 0.15) is 25.3 Å². The van der Waals surface area contributed by atoms with Crippen LogP contribution in [0.15, 0.2) is 29.3 Å². The molecule has 0 saturated carbocycles. The molecular weight excluding hydrogens is 241 g/mol. The van der Waals surface area contributed by atoms with Gasteiger partial charge in [0.25, 0.3) is 0 Å². The quantitative estimate of drug-likeness (QED) is 0.672. The minimum Gasteiger partial charge on any atom is -0.370 e. The molecule has 1 aliphatic rings. The molecule has 0 aromatic heterocycles. The van der Waals surface area contributed by atoms with Gasteiger partial charge < -0.3 is 10.6 Å². The summed E-state index contributed by atoms with van der Waals surface area (Å²) in [6.07, 6.45) is 3.09. The molecule has 4 heteroatoms. The van der Waals surface area contributed by atoms with E-state index in [0.29, 0.717) is 12.5 Å². The smallest absolute Gasteiger partial charge is 0.191 e. The standard InChI is InChI=1S/C15H22FN3/c1-12-6-9-19(10-7-12)15(17)18-8-5-13-3-2-4-14(16)11-13/h2-4,11-12H,5-10H2,1H3,(H2,17,18). The van der Waals surface area contributed by atoms with Crippen molar-refractivity contribution in [2.75, 3.05) is 19.6 Å². The largest absolute Gasteiger partial charge is 0.370 e. The fourth-order valence-corrected chi connectivity index (χ4v) is 2.33. The molecule has 1 aliphatic heterocycles. The third-order valence-electron chi connectivity index (χ3n) is 3.67. The topological polar surface area (TPSA) is 41.6 Å². The van der Waals surface area contributed by atoms with Gasteiger partial charge in [0, 0.05) is 19.6 Å². The first kappa shape index (κ1) is 13.8. The van der Waals surface area contributed by atoms with Gasteiger partial charge in [-0.05, 0) is 42.9 Å². The summed E-state index contributed by atoms with van der Waals surface area (Å²) in [5.41, 5.74) is 6.95. The molecule has 1 saturated heterocycles. The van der Waals surface area contributed by atoms with Crippen molar-refractivity contribution in [3.8, 4) is 0 Å². The van der Waals surface area contributed by atoms with Crippen LogP contribution in [0.2, 0.25) is 0 Å². The number of aliphatic imine (C=N–C) groups is 1. The fraction of sp³-hybridized carbons (Fsp3) is 0.533. The first-order valence-corrected chi connectivity index (χ1v) is 6.94. The first-order valence-electron chi connectivity index (χ1n) is 6.94. The normalized spacial score (nSPS) is 17.8. The second-order valence-electron chi connectivity index (χ2n) is 5.29. The molecule has 1 aromatic carbocycles. The maximum Gasteiger partial charge on any atom is 0.191 e. The van der Waals surface area contributed by atoms with Gasteiger partial charge in [-0.1, -0.05) is 19.1 Å². The van der Waals surface area contributed by atoms with Crippen LogP contribution in [0.25, 0.3) is 0 Å². The maximum atomic E-state index is 13.0. The summed E-state index contributed by atoms with van der Waals surface area (Å²) in [5.74, 6) is 1.22. The van der Waals surface area contributed by atoms with Crippen LogP contribution < -0.4 is 5.73 Å². The lowest BCUT2D eigenvalue weighted by molar-refractivity contribution is 0.277. The van der Waals surface area contributed by atoms with E-state index in [4.69, 9.17) is 5.73 Å². The minimum atomic E-state index is -0.195. The number of hydrogen-bond donors (Lipinski definition) is 1. The van der Waals surface area contributed by atoms with Crippen molar-refractivity contribution in [3.63, 3.8) is 0 Å². The first-order chi connectivity index (χ1) is 9.15. The number of guanidine groups is 1. The zero-order valence-electron chi connectivity index (χ0n) is 11.5. The Morgan fingerprint density at radius 2 is 2.16 bits per heavy atom. The van der Waals surface area contributed by atoms with E-state index in [-0.39, 0.29) is 5.82 Å². The van der Waals surface area contributed by atoms with Gasteiger partial charge in [-0.15, -0.1) is 0 Å². The van der Waals surface area contributed by atoms with E-state index < -0.39 is 0 Å². The molecule has 0 radical (unpaired) electrons. The van der Waals surface area contributed by atoms with Gasteiger partial charge in [0.15, 0.2) is 5.96 Å². The molecule has 104 valence electrons. The SMILES string of the molecule is CC1CCN(C(N)=NCCc2cccc(F)c2)CC1. The molecule has 0 bridgehead atoms. The number of piperidine rings is 1. The van der Waals surface area contributed by atoms with Crippen molar-refractivity contribution in [1.82, 2.24) is 4.90 Å². The second-order valence-corrected chi connectivity index (χ2v) is 5.29. The Morgan fingerprint density at radius 3 is 2.84 bits per heavy atom. The highest BCUT2D eigenvalue weighted by Gasteiger charge is 2.16. The Kier molecular flexibility index (Phi) is 4.77. The lowest BCUT2D eigenvalue weighted by Gasteiger charge is -2.31. The van der Waals surface area contributed by atoms with E-state index in [1.165, 1.54) is 18.9 Å². The summed E-state index contributed by atoms with van der Waals surface area (Å²) in [6, 6.07) is 6.64. The molecule has 2 rings (SSSR count). The molecule has 1 aromatic rings. The zero-order chi connectivity index (χ0) is 13.7. The molecule has 1 heterocycles. The fourth-order valence-electron chi connectivity index (χ4n) is 2.33. The molecule has 1 fully saturated rings. The molecule has 3 nitrogen and oxygen atoms in total. The van der Waals surface area contributed by atoms with Gasteiger partial charge in [0.05, 0.1) is 0 Å². The molecule has 0 aliphatic carbocycles. The van der Waals surface area contributed by atoms with Gasteiger partial charge >= 0.3 is 0 Å². The van der Waals surface area contributed by atoms with Gasteiger partial charge in [-0.25, -0.2) is 4.39 Å². The highest BCUT2D eigenvalue weighted by Crippen LogP contribution is 2.15. The maximum absolute atomic E-state index is 13.0. The number of nitrogens with zero attached hydrogens (tertiary/aromatic N) is 2. The van der Waals surface area contributed by atoms with E-state index >= 15 is 0 Å². The third-order valence-corrected chi connectivity index (χ3v) is 3.67. The molecule has 19 heavy (non-hydrogen) atoms. The monoisotopic (exact) mass is 263 g/mol. The average molecular weight is 263 g/mol. The molecule has 0 atom stereocenters. The number of rotatable bonds is 3. The van der Waals surface area contributed by atoms with Crippen LogP contribution >= 0.6 is 0 Å². The number of nitrogens with two attached hydrogens (primary N) is 1. The summed E-state index contributed by atoms with van der Waals surface area (Å²) in [4.78, 5) is 6.54. The minimum absolute atomic E-state index is 0.195. The molecule has 0 amide bonds. The van der Waals surface area contributed by atoms with Crippen LogP contribution in [-0.4, -0.2) is 30.5 Å². The van der Waals surface area contributed by atoms with E-state index in [1.807, 2.05) is 6.07 Å². The number of hydrogen-bond acceptors (Lipinski definition) is 1. The van der Waals surface area contributed by atoms with Gasteiger partial charge in [0.2, 0.25) is 0 Å². The number of benzene rings is 1. The third kappa shape index (κ3) is 4.23. The zero-order valence-corrected chi connectivity index (χ0v) is 11.5. The van der Waals surface area contributed by atoms with E-state index in [2.05, 4.69) is 16.8 Å². The lowest BCUT2D eigenvalue weighted by Crippen LogP contribution is -2.42. The van der Waals surface area contributed by atoms with Gasteiger partial charge in [-0.3, -0.25) is 4.99 Å². The summed E-state index contributed by atoms with van der Waals surface area (Å²) in [7, 11) is 0. The van der Waals surface area contributed by atoms with E-state index in [9.17, 15) is 4.39 Å². The van der Waals surface area contributed by atoms with Crippen molar-refractivity contribution in [1.29, 1.82) is 0 Å². The predicted octanol–water partition coefficient (Wildman–Crippen LogP) is 2.41. The average Bonchev–Trinajstić information content (AvgIpc) is 2.39. The summed E-state index contributed by atoms with van der Waals surface area (Å²) < 4.78 is 13.0. The molecule has 0 unspecified atom stereocenters. The van der Waals surface area contributed by atoms with Crippen LogP contribution in [0.3, 0.4) is 0 Å². The summed E-state index contributed by atoms with van der Waals surface area (Å²) >= 11 is 0. The van der Waals surface area contributed by atoms with Crippen molar-refractivity contribution in [2.45, 2.75) is 26.2 Å². The van der Waals surface area contributed by atoms with Crippen molar-refractivity contribution < 1.29 is 4.39 Å². The Bertz CT molecular complexity index is 437.